The molecule has 214 valence electrons. The summed E-state index contributed by atoms with van der Waals surface area (Å²) in [6.45, 7) is 0.274. The number of hydrogen-bond acceptors (Lipinski definition) is 6. The number of amides is 5. The van der Waals surface area contributed by atoms with Gasteiger partial charge in [0, 0.05) is 44.7 Å². The van der Waals surface area contributed by atoms with Crippen LogP contribution in [0.3, 0.4) is 0 Å². The molecule has 1 aromatic carbocycles. The molecule has 13 heteroatoms. The number of nitrogens with zero attached hydrogens (tertiary/aromatic N) is 5. The van der Waals surface area contributed by atoms with E-state index in [9.17, 15) is 33.5 Å². The molecule has 0 radical (unpaired) electrons. The van der Waals surface area contributed by atoms with Gasteiger partial charge in [0.1, 0.15) is 23.7 Å². The van der Waals surface area contributed by atoms with Crippen LogP contribution in [0.5, 0.6) is 5.75 Å². The third kappa shape index (κ3) is 3.52. The third-order valence-corrected chi connectivity index (χ3v) is 9.71. The molecule has 3 atom stereocenters. The maximum atomic E-state index is 14.1. The number of carbonyl (C=O) groups excluding carboxylic acids is 4. The highest BCUT2D eigenvalue weighted by atomic mass is 35.5. The molecule has 3 unspecified atom stereocenters. The first-order valence-corrected chi connectivity index (χ1v) is 14.0. The number of aromatic nitrogens is 1. The number of halogens is 2. The summed E-state index contributed by atoms with van der Waals surface area (Å²) in [5, 5.41) is 11.1. The van der Waals surface area contributed by atoms with Crippen LogP contribution in [0, 0.1) is 17.7 Å². The number of imide groups is 1. The maximum absolute atomic E-state index is 14.1. The number of aromatic hydroxyl groups is 1. The van der Waals surface area contributed by atoms with E-state index in [1.54, 1.807) is 4.90 Å². The third-order valence-electron chi connectivity index (χ3n) is 9.42. The van der Waals surface area contributed by atoms with Crippen molar-refractivity contribution in [3.05, 3.63) is 61.8 Å². The number of hydrogen-bond donors (Lipinski definition) is 1. The molecule has 4 heterocycles. The minimum Gasteiger partial charge on any atom is -0.502 e. The van der Waals surface area contributed by atoms with Crippen LogP contribution in [0.2, 0.25) is 5.02 Å². The Morgan fingerprint density at radius 3 is 2.54 bits per heavy atom. The SMILES string of the molecule is CN1CC(=O)N(CCN2C(=O)c3c4c(c(O)c(=O)n3C23CCC2CC23)C(=O)N(Cc2ccc(F)c(Cl)c2)CC4)C1=O. The van der Waals surface area contributed by atoms with E-state index >= 15 is 0 Å². The monoisotopic (exact) mass is 583 g/mol. The summed E-state index contributed by atoms with van der Waals surface area (Å²) >= 11 is 5.91. The summed E-state index contributed by atoms with van der Waals surface area (Å²) < 4.78 is 15.0. The Kier molecular flexibility index (Phi) is 5.57. The Hall–Kier alpha value is -3.93. The zero-order valence-corrected chi connectivity index (χ0v) is 23.0. The number of likely N-dealkylation sites (N-methyl/N-ethyl adjacent to an activating group) is 1. The molecule has 3 fully saturated rings. The van der Waals surface area contributed by atoms with Crippen molar-refractivity contribution in [2.45, 2.75) is 37.9 Å². The number of rotatable bonds is 5. The Bertz CT molecular complexity index is 1640. The summed E-state index contributed by atoms with van der Waals surface area (Å²) in [5.41, 5.74) is -0.995. The second-order valence-corrected chi connectivity index (χ2v) is 12.0. The molecule has 5 aliphatic rings. The topological polar surface area (TPSA) is 123 Å². The fourth-order valence-corrected chi connectivity index (χ4v) is 7.63. The van der Waals surface area contributed by atoms with Crippen LogP contribution in [0.1, 0.15) is 51.2 Å². The van der Waals surface area contributed by atoms with E-state index in [1.807, 2.05) is 0 Å². The van der Waals surface area contributed by atoms with Crippen LogP contribution >= 0.6 is 11.6 Å². The molecule has 11 nitrogen and oxygen atoms in total. The van der Waals surface area contributed by atoms with Gasteiger partial charge in [-0.05, 0) is 49.3 Å². The molecule has 5 amide bonds. The Balaban J connectivity index is 1.27. The van der Waals surface area contributed by atoms with Crippen molar-refractivity contribution >= 4 is 35.4 Å². The average molecular weight is 584 g/mol. The molecule has 41 heavy (non-hydrogen) atoms. The maximum Gasteiger partial charge on any atom is 0.327 e. The van der Waals surface area contributed by atoms with Crippen molar-refractivity contribution < 1.29 is 28.7 Å². The van der Waals surface area contributed by atoms with Crippen molar-refractivity contribution in [1.29, 1.82) is 0 Å². The van der Waals surface area contributed by atoms with E-state index in [1.165, 1.54) is 39.6 Å². The van der Waals surface area contributed by atoms with Crippen molar-refractivity contribution in [1.82, 2.24) is 24.2 Å². The average Bonchev–Trinajstić information content (AvgIpc) is 3.50. The van der Waals surface area contributed by atoms with E-state index in [0.717, 1.165) is 17.7 Å². The first-order valence-electron chi connectivity index (χ1n) is 13.7. The minimum absolute atomic E-state index is 0.00881. The molecule has 1 N–H and O–H groups in total. The quantitative estimate of drug-likeness (QED) is 0.537. The molecule has 2 saturated carbocycles. The van der Waals surface area contributed by atoms with E-state index in [2.05, 4.69) is 0 Å². The lowest BCUT2D eigenvalue weighted by molar-refractivity contribution is -0.125. The molecular weight excluding hydrogens is 557 g/mol. The van der Waals surface area contributed by atoms with Crippen LogP contribution in [0.15, 0.2) is 23.0 Å². The minimum atomic E-state index is -1.01. The molecule has 1 saturated heterocycles. The van der Waals surface area contributed by atoms with Crippen LogP contribution in [0.25, 0.3) is 0 Å². The lowest BCUT2D eigenvalue weighted by Crippen LogP contribution is -2.53. The molecule has 2 aromatic rings. The van der Waals surface area contributed by atoms with Crippen molar-refractivity contribution in [3.8, 4) is 5.75 Å². The van der Waals surface area contributed by atoms with Crippen LogP contribution in [0.4, 0.5) is 9.18 Å². The normalized spacial score (nSPS) is 26.4. The second-order valence-electron chi connectivity index (χ2n) is 11.6. The molecule has 7 rings (SSSR count). The van der Waals surface area contributed by atoms with Crippen LogP contribution in [-0.4, -0.2) is 86.3 Å². The fraction of sp³-hybridized carbons (Fsp3) is 0.464. The Labute approximate surface area is 238 Å². The summed E-state index contributed by atoms with van der Waals surface area (Å²) in [5.74, 6) is -2.33. The second kappa shape index (κ2) is 8.78. The van der Waals surface area contributed by atoms with E-state index in [4.69, 9.17) is 11.6 Å². The molecule has 1 spiro atoms. The van der Waals surface area contributed by atoms with Gasteiger partial charge in [0.15, 0.2) is 5.75 Å². The van der Waals surface area contributed by atoms with Gasteiger partial charge >= 0.3 is 6.03 Å². The summed E-state index contributed by atoms with van der Waals surface area (Å²) in [7, 11) is 1.53. The Morgan fingerprint density at radius 1 is 1.12 bits per heavy atom. The van der Waals surface area contributed by atoms with Gasteiger partial charge in [-0.1, -0.05) is 17.7 Å². The number of benzene rings is 1. The zero-order chi connectivity index (χ0) is 29.0. The first-order chi connectivity index (χ1) is 19.5. The lowest BCUT2D eigenvalue weighted by Gasteiger charge is -2.38. The number of pyridine rings is 1. The zero-order valence-electron chi connectivity index (χ0n) is 22.2. The van der Waals surface area contributed by atoms with Gasteiger partial charge in [-0.15, -0.1) is 0 Å². The largest absolute Gasteiger partial charge is 0.502 e. The summed E-state index contributed by atoms with van der Waals surface area (Å²) in [4.78, 5) is 72.0. The molecule has 2 aliphatic carbocycles. The van der Waals surface area contributed by atoms with Gasteiger partial charge in [0.25, 0.3) is 17.4 Å². The number of fused-ring (bicyclic) bond motifs is 6. The smallest absolute Gasteiger partial charge is 0.327 e. The highest BCUT2D eigenvalue weighted by Crippen LogP contribution is 2.64. The molecule has 0 bridgehead atoms. The van der Waals surface area contributed by atoms with Crippen LogP contribution in [-0.2, 0) is 23.4 Å². The van der Waals surface area contributed by atoms with E-state index in [-0.39, 0.29) is 67.2 Å². The van der Waals surface area contributed by atoms with Gasteiger partial charge in [0.05, 0.1) is 10.6 Å². The van der Waals surface area contributed by atoms with Gasteiger partial charge in [0.2, 0.25) is 5.91 Å². The van der Waals surface area contributed by atoms with Gasteiger partial charge in [-0.25, -0.2) is 9.18 Å². The highest BCUT2D eigenvalue weighted by Gasteiger charge is 2.67. The molecular formula is C28H27ClFN5O6. The predicted octanol–water partition coefficient (Wildman–Crippen LogP) is 1.98. The van der Waals surface area contributed by atoms with Gasteiger partial charge in [-0.3, -0.25) is 28.6 Å². The summed E-state index contributed by atoms with van der Waals surface area (Å²) in [6, 6.07) is 3.69. The summed E-state index contributed by atoms with van der Waals surface area (Å²) in [6.07, 6.45) is 2.35. The van der Waals surface area contributed by atoms with Gasteiger partial charge < -0.3 is 19.8 Å². The predicted molar refractivity (Wildman–Crippen MR) is 142 cm³/mol. The van der Waals surface area contributed by atoms with Crippen molar-refractivity contribution in [2.24, 2.45) is 11.8 Å². The Morgan fingerprint density at radius 2 is 1.90 bits per heavy atom. The van der Waals surface area contributed by atoms with E-state index < -0.39 is 40.6 Å². The number of carbonyl (C=O) groups is 4. The first kappa shape index (κ1) is 26.0. The van der Waals surface area contributed by atoms with Crippen molar-refractivity contribution in [3.63, 3.8) is 0 Å². The molecule has 1 aromatic heterocycles. The molecule has 3 aliphatic heterocycles. The fourth-order valence-electron chi connectivity index (χ4n) is 7.43. The highest BCUT2D eigenvalue weighted by molar-refractivity contribution is 6.30. The standard InChI is InChI=1S/C28H27ClFN5O6/c1-31-13-20(36)33(27(31)41)8-9-34-25(39)22-16-5-7-32(12-14-2-3-19(30)18(29)10-14)24(38)21(16)23(37)26(40)35(22)28(34)6-4-15-11-17(15)28/h2-3,10,15,17,37H,4-9,11-13H2,1H3. The van der Waals surface area contributed by atoms with Crippen LogP contribution < -0.4 is 5.56 Å². The lowest BCUT2D eigenvalue weighted by atomic mass is 9.95. The van der Waals surface area contributed by atoms with Gasteiger partial charge in [-0.2, -0.15) is 0 Å². The number of urea groups is 1. The van der Waals surface area contributed by atoms with E-state index in [0.29, 0.717) is 23.5 Å². The van der Waals surface area contributed by atoms with Crippen molar-refractivity contribution in [2.75, 3.05) is 33.2 Å².